The number of sulfone groups is 1. The highest BCUT2D eigenvalue weighted by Gasteiger charge is 2.29. The number of nitrogens with one attached hydrogen (secondary N) is 1. The molecular weight excluding hydrogens is 338 g/mol. The summed E-state index contributed by atoms with van der Waals surface area (Å²) in [4.78, 5) is 23.2. The maximum Gasteiger partial charge on any atom is 0.344 e. The Morgan fingerprint density at radius 1 is 1.21 bits per heavy atom. The molecule has 132 valence electrons. The Morgan fingerprint density at radius 2 is 1.92 bits per heavy atom. The van der Waals surface area contributed by atoms with Gasteiger partial charge in [0.1, 0.15) is 0 Å². The first kappa shape index (κ1) is 18.1. The number of amides is 1. The molecule has 1 aliphatic rings. The van der Waals surface area contributed by atoms with E-state index in [2.05, 4.69) is 5.32 Å². The van der Waals surface area contributed by atoms with Gasteiger partial charge in [-0.15, -0.1) is 0 Å². The zero-order valence-corrected chi connectivity index (χ0v) is 14.0. The van der Waals surface area contributed by atoms with E-state index in [0.717, 1.165) is 0 Å². The second-order valence-electron chi connectivity index (χ2n) is 5.27. The minimum atomic E-state index is -3.07. The molecule has 1 heterocycles. The molecule has 1 N–H and O–H groups in total. The number of para-hydroxylation sites is 2. The molecule has 24 heavy (non-hydrogen) atoms. The van der Waals surface area contributed by atoms with Crippen LogP contribution in [-0.4, -0.2) is 58.2 Å². The van der Waals surface area contributed by atoms with E-state index in [-0.39, 0.29) is 18.1 Å². The molecule has 1 aromatic rings. The van der Waals surface area contributed by atoms with Crippen LogP contribution in [0.25, 0.3) is 0 Å². The minimum absolute atomic E-state index is 0.0600. The van der Waals surface area contributed by atoms with Gasteiger partial charge in [-0.25, -0.2) is 13.2 Å². The lowest BCUT2D eigenvalue weighted by atomic mass is 10.2. The predicted octanol–water partition coefficient (Wildman–Crippen LogP) is -0.0795. The monoisotopic (exact) mass is 357 g/mol. The molecular formula is C15H19NO7S. The summed E-state index contributed by atoms with van der Waals surface area (Å²) in [5.74, 6) is -0.408. The number of rotatable bonds is 7. The number of esters is 1. The fraction of sp³-hybridized carbons (Fsp3) is 0.467. The van der Waals surface area contributed by atoms with Crippen LogP contribution in [0.4, 0.5) is 0 Å². The van der Waals surface area contributed by atoms with Crippen LogP contribution < -0.4 is 14.8 Å². The Kier molecular flexibility index (Phi) is 6.02. The van der Waals surface area contributed by atoms with E-state index < -0.39 is 34.4 Å². The van der Waals surface area contributed by atoms with Gasteiger partial charge in [0.2, 0.25) is 0 Å². The van der Waals surface area contributed by atoms with Crippen LogP contribution in [0.1, 0.15) is 6.42 Å². The lowest BCUT2D eigenvalue weighted by molar-refractivity contribution is -0.150. The molecule has 2 rings (SSSR count). The fourth-order valence-electron chi connectivity index (χ4n) is 2.24. The van der Waals surface area contributed by atoms with E-state index in [4.69, 9.17) is 14.2 Å². The minimum Gasteiger partial charge on any atom is -0.493 e. The predicted molar refractivity (Wildman–Crippen MR) is 84.6 cm³/mol. The van der Waals surface area contributed by atoms with Crippen LogP contribution in [0, 0.1) is 0 Å². The zero-order valence-electron chi connectivity index (χ0n) is 13.2. The first-order valence-corrected chi connectivity index (χ1v) is 9.13. The number of carbonyl (C=O) groups excluding carboxylic acids is 2. The number of carbonyl (C=O) groups is 2. The maximum absolute atomic E-state index is 11.6. The summed E-state index contributed by atoms with van der Waals surface area (Å²) in [6.45, 7) is -0.851. The van der Waals surface area contributed by atoms with Crippen molar-refractivity contribution < 1.29 is 32.2 Å². The SMILES string of the molecule is COc1ccccc1OCC(=O)OCC(=O)N[C@@H]1CCS(=O)(=O)C1. The topological polar surface area (TPSA) is 108 Å². The molecule has 1 aromatic carbocycles. The molecule has 0 spiro atoms. The third kappa shape index (κ3) is 5.41. The van der Waals surface area contributed by atoms with E-state index in [1.165, 1.54) is 7.11 Å². The van der Waals surface area contributed by atoms with Gasteiger partial charge in [0.25, 0.3) is 5.91 Å². The van der Waals surface area contributed by atoms with Crippen molar-refractivity contribution in [2.24, 2.45) is 0 Å². The van der Waals surface area contributed by atoms with Crippen LogP contribution in [0.5, 0.6) is 11.5 Å². The maximum atomic E-state index is 11.6. The number of ether oxygens (including phenoxy) is 3. The van der Waals surface area contributed by atoms with Gasteiger partial charge in [-0.1, -0.05) is 12.1 Å². The van der Waals surface area contributed by atoms with Crippen molar-refractivity contribution in [3.05, 3.63) is 24.3 Å². The highest BCUT2D eigenvalue weighted by Crippen LogP contribution is 2.25. The molecule has 0 unspecified atom stereocenters. The highest BCUT2D eigenvalue weighted by molar-refractivity contribution is 7.91. The van der Waals surface area contributed by atoms with Crippen molar-refractivity contribution >= 4 is 21.7 Å². The highest BCUT2D eigenvalue weighted by atomic mass is 32.2. The normalized spacial score (nSPS) is 18.6. The van der Waals surface area contributed by atoms with Crippen molar-refractivity contribution in [3.8, 4) is 11.5 Å². The van der Waals surface area contributed by atoms with Crippen molar-refractivity contribution in [2.75, 3.05) is 31.8 Å². The Labute approximate surface area is 140 Å². The molecule has 0 aliphatic carbocycles. The van der Waals surface area contributed by atoms with Crippen LogP contribution in [0.3, 0.4) is 0 Å². The van der Waals surface area contributed by atoms with Gasteiger partial charge in [-0.3, -0.25) is 4.79 Å². The van der Waals surface area contributed by atoms with E-state index >= 15 is 0 Å². The van der Waals surface area contributed by atoms with Crippen molar-refractivity contribution in [3.63, 3.8) is 0 Å². The molecule has 1 aliphatic heterocycles. The smallest absolute Gasteiger partial charge is 0.344 e. The van der Waals surface area contributed by atoms with Crippen LogP contribution in [-0.2, 0) is 24.2 Å². The average Bonchev–Trinajstić information content (AvgIpc) is 2.89. The summed E-state index contributed by atoms with van der Waals surface area (Å²) in [6.07, 6.45) is 0.374. The lowest BCUT2D eigenvalue weighted by Gasteiger charge is -2.12. The molecule has 0 radical (unpaired) electrons. The third-order valence-corrected chi connectivity index (χ3v) is 5.14. The first-order valence-electron chi connectivity index (χ1n) is 7.31. The third-order valence-electron chi connectivity index (χ3n) is 3.38. The molecule has 8 nitrogen and oxygen atoms in total. The second kappa shape index (κ2) is 8.00. The van der Waals surface area contributed by atoms with Crippen molar-refractivity contribution in [1.29, 1.82) is 0 Å². The summed E-state index contributed by atoms with van der Waals surface area (Å²) < 4.78 is 37.7. The Morgan fingerprint density at radius 3 is 2.54 bits per heavy atom. The van der Waals surface area contributed by atoms with Gasteiger partial charge in [-0.05, 0) is 18.6 Å². The second-order valence-corrected chi connectivity index (χ2v) is 7.50. The Bertz CT molecular complexity index is 702. The summed E-state index contributed by atoms with van der Waals surface area (Å²) in [5.41, 5.74) is 0. The Hall–Kier alpha value is -2.29. The van der Waals surface area contributed by atoms with Crippen molar-refractivity contribution in [2.45, 2.75) is 12.5 Å². The summed E-state index contributed by atoms with van der Waals surface area (Å²) in [5, 5.41) is 2.53. The molecule has 0 aromatic heterocycles. The zero-order chi connectivity index (χ0) is 17.6. The van der Waals surface area contributed by atoms with E-state index in [0.29, 0.717) is 17.9 Å². The summed E-state index contributed by atoms with van der Waals surface area (Å²) in [6, 6.07) is 6.39. The van der Waals surface area contributed by atoms with Gasteiger partial charge in [0, 0.05) is 6.04 Å². The van der Waals surface area contributed by atoms with E-state index in [1.807, 2.05) is 0 Å². The average molecular weight is 357 g/mol. The summed E-state index contributed by atoms with van der Waals surface area (Å²) >= 11 is 0. The molecule has 1 saturated heterocycles. The van der Waals surface area contributed by atoms with Crippen LogP contribution in [0.2, 0.25) is 0 Å². The number of benzene rings is 1. The fourth-order valence-corrected chi connectivity index (χ4v) is 3.91. The van der Waals surface area contributed by atoms with Gasteiger partial charge in [-0.2, -0.15) is 0 Å². The van der Waals surface area contributed by atoms with Crippen LogP contribution in [0.15, 0.2) is 24.3 Å². The molecule has 0 saturated carbocycles. The number of hydrogen-bond acceptors (Lipinski definition) is 7. The van der Waals surface area contributed by atoms with E-state index in [9.17, 15) is 18.0 Å². The first-order chi connectivity index (χ1) is 11.4. The largest absolute Gasteiger partial charge is 0.493 e. The van der Waals surface area contributed by atoms with Gasteiger partial charge in [0.15, 0.2) is 34.6 Å². The van der Waals surface area contributed by atoms with Crippen LogP contribution >= 0.6 is 0 Å². The van der Waals surface area contributed by atoms with Crippen molar-refractivity contribution in [1.82, 2.24) is 5.32 Å². The number of methoxy groups -OCH3 is 1. The molecule has 1 amide bonds. The Balaban J connectivity index is 1.70. The number of hydrogen-bond donors (Lipinski definition) is 1. The summed E-state index contributed by atoms with van der Waals surface area (Å²) in [7, 11) is -1.59. The lowest BCUT2D eigenvalue weighted by Crippen LogP contribution is -2.38. The van der Waals surface area contributed by atoms with E-state index in [1.54, 1.807) is 24.3 Å². The van der Waals surface area contributed by atoms with Gasteiger partial charge < -0.3 is 19.5 Å². The quantitative estimate of drug-likeness (QED) is 0.680. The van der Waals surface area contributed by atoms with Gasteiger partial charge >= 0.3 is 5.97 Å². The molecule has 0 bridgehead atoms. The molecule has 1 atom stereocenters. The molecule has 1 fully saturated rings. The molecule has 9 heteroatoms. The van der Waals surface area contributed by atoms with Gasteiger partial charge in [0.05, 0.1) is 18.6 Å². The standard InChI is InChI=1S/C15H19NO7S/c1-21-12-4-2-3-5-13(12)22-9-15(18)23-8-14(17)16-11-6-7-24(19,20)10-11/h2-5,11H,6-10H2,1H3,(H,16,17)/t11-/m1/s1.